The number of benzene rings is 1. The van der Waals surface area contributed by atoms with Gasteiger partial charge in [0.15, 0.2) is 5.69 Å². The van der Waals surface area contributed by atoms with Crippen LogP contribution < -0.4 is 15.2 Å². The van der Waals surface area contributed by atoms with Gasteiger partial charge in [-0.15, -0.1) is 0 Å². The monoisotopic (exact) mass is 308 g/mol. The van der Waals surface area contributed by atoms with Gasteiger partial charge in [0.2, 0.25) is 0 Å². The van der Waals surface area contributed by atoms with Crippen LogP contribution in [0.25, 0.3) is 0 Å². The smallest absolute Gasteiger partial charge is 0.296 e. The van der Waals surface area contributed by atoms with Crippen LogP contribution in [0.3, 0.4) is 0 Å². The first-order valence-electron chi connectivity index (χ1n) is 5.71. The fraction of sp³-hybridized carbons (Fsp3) is 0. The quantitative estimate of drug-likeness (QED) is 0.658. The predicted octanol–water partition coefficient (Wildman–Crippen LogP) is 0.655. The average Bonchev–Trinajstić information content (AvgIpc) is 2.37. The summed E-state index contributed by atoms with van der Waals surface area (Å²) in [6.07, 6.45) is 1.37. The van der Waals surface area contributed by atoms with E-state index in [1.807, 2.05) is 0 Å². The summed E-state index contributed by atoms with van der Waals surface area (Å²) in [5, 5.41) is 16.9. The lowest BCUT2D eigenvalue weighted by molar-refractivity contribution is 0.101. The Morgan fingerprint density at radius 2 is 1.90 bits per heavy atom. The van der Waals surface area contributed by atoms with Crippen molar-refractivity contribution in [3.8, 4) is 5.75 Å². The Morgan fingerprint density at radius 3 is 2.57 bits per heavy atom. The molecule has 1 amide bonds. The standard InChI is InChI=1S/C12H12N4O4S/c13-21(19,20)16-9-4-1-3-8(7-9)15-12(18)11-10(17)5-2-6-14-11/h1-7,16-17H,(H,15,18)(H2,13,19,20). The summed E-state index contributed by atoms with van der Waals surface area (Å²) in [6, 6.07) is 8.75. The number of anilines is 2. The van der Waals surface area contributed by atoms with Crippen molar-refractivity contribution < 1.29 is 18.3 Å². The van der Waals surface area contributed by atoms with Gasteiger partial charge in [0, 0.05) is 11.9 Å². The van der Waals surface area contributed by atoms with Crippen LogP contribution in [0.2, 0.25) is 0 Å². The SMILES string of the molecule is NS(=O)(=O)Nc1cccc(NC(=O)c2ncccc2O)c1. The fourth-order valence-electron chi connectivity index (χ4n) is 1.59. The Labute approximate surface area is 120 Å². The van der Waals surface area contributed by atoms with Crippen molar-refractivity contribution in [2.24, 2.45) is 5.14 Å². The number of hydrogen-bond donors (Lipinski definition) is 4. The van der Waals surface area contributed by atoms with Gasteiger partial charge < -0.3 is 10.4 Å². The van der Waals surface area contributed by atoms with Crippen molar-refractivity contribution in [2.75, 3.05) is 10.0 Å². The van der Waals surface area contributed by atoms with E-state index in [-0.39, 0.29) is 17.1 Å². The highest BCUT2D eigenvalue weighted by Crippen LogP contribution is 2.18. The van der Waals surface area contributed by atoms with E-state index in [9.17, 15) is 18.3 Å². The molecule has 1 heterocycles. The number of nitrogens with zero attached hydrogens (tertiary/aromatic N) is 1. The van der Waals surface area contributed by atoms with Gasteiger partial charge in [0.25, 0.3) is 16.1 Å². The zero-order valence-electron chi connectivity index (χ0n) is 10.6. The lowest BCUT2D eigenvalue weighted by Crippen LogP contribution is -2.21. The van der Waals surface area contributed by atoms with Gasteiger partial charge >= 0.3 is 0 Å². The van der Waals surface area contributed by atoms with Crippen LogP contribution >= 0.6 is 0 Å². The molecule has 0 unspecified atom stereocenters. The number of aromatic nitrogens is 1. The molecule has 9 heteroatoms. The summed E-state index contributed by atoms with van der Waals surface area (Å²) in [7, 11) is -3.90. The van der Waals surface area contributed by atoms with Gasteiger partial charge in [-0.05, 0) is 30.3 Å². The van der Waals surface area contributed by atoms with E-state index in [2.05, 4.69) is 15.0 Å². The van der Waals surface area contributed by atoms with Crippen LogP contribution in [0.1, 0.15) is 10.5 Å². The summed E-state index contributed by atoms with van der Waals surface area (Å²) in [6.45, 7) is 0. The highest BCUT2D eigenvalue weighted by atomic mass is 32.2. The highest BCUT2D eigenvalue weighted by Gasteiger charge is 2.12. The minimum atomic E-state index is -3.90. The molecule has 21 heavy (non-hydrogen) atoms. The molecule has 0 atom stereocenters. The molecule has 2 rings (SSSR count). The van der Waals surface area contributed by atoms with Gasteiger partial charge in [-0.2, -0.15) is 8.42 Å². The zero-order valence-corrected chi connectivity index (χ0v) is 11.5. The number of carbonyl (C=O) groups excluding carboxylic acids is 1. The Balaban J connectivity index is 2.19. The van der Waals surface area contributed by atoms with E-state index in [0.717, 1.165) is 0 Å². The Kier molecular flexibility index (Phi) is 4.05. The lowest BCUT2D eigenvalue weighted by Gasteiger charge is -2.08. The van der Waals surface area contributed by atoms with Crippen molar-refractivity contribution in [2.45, 2.75) is 0 Å². The molecule has 8 nitrogen and oxygen atoms in total. The molecule has 0 saturated carbocycles. The van der Waals surface area contributed by atoms with E-state index >= 15 is 0 Å². The minimum absolute atomic E-state index is 0.137. The third-order valence-electron chi connectivity index (χ3n) is 2.38. The molecule has 0 spiro atoms. The third-order valence-corrected chi connectivity index (χ3v) is 2.90. The second kappa shape index (κ2) is 5.77. The van der Waals surface area contributed by atoms with Crippen LogP contribution in [-0.4, -0.2) is 24.4 Å². The number of hydrogen-bond acceptors (Lipinski definition) is 5. The molecule has 0 bridgehead atoms. The van der Waals surface area contributed by atoms with Crippen molar-refractivity contribution >= 4 is 27.5 Å². The summed E-state index contributed by atoms with van der Waals surface area (Å²) < 4.78 is 24.0. The summed E-state index contributed by atoms with van der Waals surface area (Å²) in [4.78, 5) is 15.7. The summed E-state index contributed by atoms with van der Waals surface area (Å²) >= 11 is 0. The first-order chi connectivity index (χ1) is 9.85. The molecule has 0 aliphatic heterocycles. The maximum atomic E-state index is 11.9. The molecule has 110 valence electrons. The van der Waals surface area contributed by atoms with E-state index in [4.69, 9.17) is 5.14 Å². The van der Waals surface area contributed by atoms with Crippen molar-refractivity contribution in [3.63, 3.8) is 0 Å². The molecule has 0 saturated heterocycles. The molecule has 1 aromatic carbocycles. The van der Waals surface area contributed by atoms with Gasteiger partial charge in [-0.25, -0.2) is 10.1 Å². The van der Waals surface area contributed by atoms with Crippen LogP contribution in [-0.2, 0) is 10.2 Å². The van der Waals surface area contributed by atoms with Gasteiger partial charge in [0.05, 0.1) is 5.69 Å². The molecule has 0 radical (unpaired) electrons. The number of nitrogens with one attached hydrogen (secondary N) is 2. The molecular formula is C12H12N4O4S. The largest absolute Gasteiger partial charge is 0.505 e. The number of carbonyl (C=O) groups is 1. The average molecular weight is 308 g/mol. The number of pyridine rings is 1. The Bertz CT molecular complexity index is 776. The normalized spacial score (nSPS) is 10.9. The van der Waals surface area contributed by atoms with Crippen molar-refractivity contribution in [1.29, 1.82) is 0 Å². The Hall–Kier alpha value is -2.65. The number of rotatable bonds is 4. The van der Waals surface area contributed by atoms with Gasteiger partial charge in [0.1, 0.15) is 5.75 Å². The van der Waals surface area contributed by atoms with Crippen LogP contribution in [0.15, 0.2) is 42.6 Å². The summed E-state index contributed by atoms with van der Waals surface area (Å²) in [5.41, 5.74) is 0.376. The molecule has 0 aliphatic rings. The van der Waals surface area contributed by atoms with Crippen molar-refractivity contribution in [1.82, 2.24) is 4.98 Å². The molecule has 1 aromatic heterocycles. The predicted molar refractivity (Wildman–Crippen MR) is 77.0 cm³/mol. The van der Waals surface area contributed by atoms with Crippen molar-refractivity contribution in [3.05, 3.63) is 48.3 Å². The number of amides is 1. The molecule has 0 aliphatic carbocycles. The van der Waals surface area contributed by atoms with Crippen LogP contribution in [0.5, 0.6) is 5.75 Å². The third kappa shape index (κ3) is 4.16. The zero-order chi connectivity index (χ0) is 15.5. The molecule has 2 aromatic rings. The van der Waals surface area contributed by atoms with Crippen LogP contribution in [0.4, 0.5) is 11.4 Å². The maximum absolute atomic E-state index is 11.9. The van der Waals surface area contributed by atoms with Gasteiger partial charge in [-0.1, -0.05) is 6.07 Å². The maximum Gasteiger partial charge on any atom is 0.296 e. The first kappa shape index (κ1) is 14.8. The molecule has 5 N–H and O–H groups in total. The topological polar surface area (TPSA) is 134 Å². The second-order valence-corrected chi connectivity index (χ2v) is 5.35. The van der Waals surface area contributed by atoms with E-state index < -0.39 is 16.1 Å². The number of aromatic hydroxyl groups is 1. The fourth-order valence-corrected chi connectivity index (χ4v) is 2.04. The van der Waals surface area contributed by atoms with Gasteiger partial charge in [-0.3, -0.25) is 9.52 Å². The first-order valence-corrected chi connectivity index (χ1v) is 7.26. The van der Waals surface area contributed by atoms with Crippen LogP contribution in [0, 0.1) is 0 Å². The minimum Gasteiger partial charge on any atom is -0.505 e. The lowest BCUT2D eigenvalue weighted by atomic mass is 10.2. The highest BCUT2D eigenvalue weighted by molar-refractivity contribution is 7.90. The van der Waals surface area contributed by atoms with E-state index in [1.54, 1.807) is 6.07 Å². The van der Waals surface area contributed by atoms with E-state index in [0.29, 0.717) is 5.69 Å². The Morgan fingerprint density at radius 1 is 1.19 bits per heavy atom. The van der Waals surface area contributed by atoms with E-state index in [1.165, 1.54) is 36.5 Å². The number of nitrogens with two attached hydrogens (primary N) is 1. The molecular weight excluding hydrogens is 296 g/mol. The summed E-state index contributed by atoms with van der Waals surface area (Å²) in [5.74, 6) is -0.880. The second-order valence-electron chi connectivity index (χ2n) is 4.05. The molecule has 0 fully saturated rings.